The number of benzene rings is 1. The number of halogens is 5. The van der Waals surface area contributed by atoms with Crippen molar-refractivity contribution in [3.63, 3.8) is 0 Å². The summed E-state index contributed by atoms with van der Waals surface area (Å²) >= 11 is 0. The van der Waals surface area contributed by atoms with E-state index in [1.165, 1.54) is 24.4 Å². The van der Waals surface area contributed by atoms with Gasteiger partial charge in [-0.15, -0.1) is 13.2 Å². The first-order chi connectivity index (χ1) is 17.6. The largest absolute Gasteiger partial charge is 0.574 e. The molecule has 2 N–H and O–H groups in total. The molecule has 14 heteroatoms. The maximum Gasteiger partial charge on any atom is 0.574 e. The molecule has 3 aromatic heterocycles. The Balaban J connectivity index is 1.93. The minimum atomic E-state index is -4.96. The highest BCUT2D eigenvalue weighted by Gasteiger charge is 2.31. The predicted octanol–water partition coefficient (Wildman–Crippen LogP) is 4.02. The van der Waals surface area contributed by atoms with Gasteiger partial charge in [0.1, 0.15) is 11.0 Å². The smallest absolute Gasteiger partial charge is 0.472 e. The van der Waals surface area contributed by atoms with Gasteiger partial charge in [0.2, 0.25) is 11.8 Å². The van der Waals surface area contributed by atoms with Gasteiger partial charge in [0, 0.05) is 48.4 Å². The lowest BCUT2D eigenvalue weighted by molar-refractivity contribution is -0.276. The zero-order chi connectivity index (χ0) is 26.7. The molecule has 0 saturated carbocycles. The Hall–Kier alpha value is -4.62. The molecular weight excluding hydrogens is 503 g/mol. The summed E-state index contributed by atoms with van der Waals surface area (Å²) in [7, 11) is 1.54. The number of hydrogen-bond acceptors (Lipinski definition) is 8. The van der Waals surface area contributed by atoms with Gasteiger partial charge in [-0.1, -0.05) is 0 Å². The molecule has 0 atom stereocenters. The topological polar surface area (TPSA) is 118 Å². The Morgan fingerprint density at radius 3 is 2.54 bits per heavy atom. The number of aliphatic imine (C=N–C) groups is 1. The Morgan fingerprint density at radius 1 is 1.14 bits per heavy atom. The molecule has 0 spiro atoms. The van der Waals surface area contributed by atoms with Crippen LogP contribution in [-0.2, 0) is 0 Å². The number of fused-ring (bicyclic) bond motifs is 1. The van der Waals surface area contributed by atoms with Crippen LogP contribution in [0.2, 0.25) is 0 Å². The maximum absolute atomic E-state index is 13.6. The van der Waals surface area contributed by atoms with Crippen molar-refractivity contribution in [3.8, 4) is 28.6 Å². The zero-order valence-electron chi connectivity index (χ0n) is 18.9. The number of alkyl halides is 5. The average molecular weight is 520 g/mol. The molecule has 0 aliphatic carbocycles. The van der Waals surface area contributed by atoms with E-state index in [-0.39, 0.29) is 28.0 Å². The van der Waals surface area contributed by atoms with Crippen molar-refractivity contribution >= 4 is 22.9 Å². The molecule has 192 valence electrons. The van der Waals surface area contributed by atoms with Crippen molar-refractivity contribution in [2.75, 3.05) is 19.4 Å². The van der Waals surface area contributed by atoms with Gasteiger partial charge in [-0.3, -0.25) is 9.79 Å². The summed E-state index contributed by atoms with van der Waals surface area (Å²) in [5.41, 5.74) is 6.54. The Bertz CT molecular complexity index is 1520. The minimum Gasteiger partial charge on any atom is -0.472 e. The molecular formula is C23H17F5N6O3. The van der Waals surface area contributed by atoms with Gasteiger partial charge >= 0.3 is 6.36 Å². The summed E-state index contributed by atoms with van der Waals surface area (Å²) < 4.78 is 72.7. The molecule has 0 unspecified atom stereocenters. The van der Waals surface area contributed by atoms with E-state index in [4.69, 9.17) is 10.5 Å². The van der Waals surface area contributed by atoms with E-state index < -0.39 is 30.8 Å². The van der Waals surface area contributed by atoms with Crippen LogP contribution in [0.1, 0.15) is 5.56 Å². The van der Waals surface area contributed by atoms with E-state index in [2.05, 4.69) is 24.8 Å². The van der Waals surface area contributed by atoms with Crippen molar-refractivity contribution in [2.24, 2.45) is 4.99 Å². The zero-order valence-corrected chi connectivity index (χ0v) is 18.9. The first-order valence-electron chi connectivity index (χ1n) is 10.4. The standard InChI is InChI=1S/C23H17F5N6O3/c1-30-9-13-8-14(3-4-15(13)29)34-22(35)20(12-2-6-18(31-10-12)37-23(26,27)28)21-16(33-34)5-7-19(32-21)36-11-17(24)25/h2-10,17H,11,29H2,1H3. The van der Waals surface area contributed by atoms with Crippen LogP contribution in [-0.4, -0.2) is 52.4 Å². The predicted molar refractivity (Wildman–Crippen MR) is 124 cm³/mol. The lowest BCUT2D eigenvalue weighted by Gasteiger charge is -2.13. The number of nitrogens with zero attached hydrogens (tertiary/aromatic N) is 5. The van der Waals surface area contributed by atoms with Crippen LogP contribution in [0, 0.1) is 0 Å². The summed E-state index contributed by atoms with van der Waals surface area (Å²) in [4.78, 5) is 25.3. The fourth-order valence-electron chi connectivity index (χ4n) is 3.37. The summed E-state index contributed by atoms with van der Waals surface area (Å²) in [5, 5.41) is 4.32. The van der Waals surface area contributed by atoms with Gasteiger partial charge in [0.05, 0.1) is 11.3 Å². The number of nitrogen functional groups attached to an aromatic ring is 1. The molecule has 0 fully saturated rings. The molecule has 4 aromatic rings. The van der Waals surface area contributed by atoms with Crippen LogP contribution in [0.15, 0.2) is 58.4 Å². The van der Waals surface area contributed by atoms with Crippen LogP contribution in [0.25, 0.3) is 27.8 Å². The highest BCUT2D eigenvalue weighted by atomic mass is 19.4. The van der Waals surface area contributed by atoms with E-state index in [9.17, 15) is 26.7 Å². The summed E-state index contributed by atoms with van der Waals surface area (Å²) in [6.07, 6.45) is -5.24. The summed E-state index contributed by atoms with van der Waals surface area (Å²) in [6, 6.07) is 9.47. The third kappa shape index (κ3) is 5.79. The normalized spacial score (nSPS) is 12.0. The van der Waals surface area contributed by atoms with Gasteiger partial charge in [-0.05, 0) is 30.3 Å². The third-order valence-electron chi connectivity index (χ3n) is 4.88. The lowest BCUT2D eigenvalue weighted by atomic mass is 10.1. The van der Waals surface area contributed by atoms with Gasteiger partial charge in [0.25, 0.3) is 12.0 Å². The first kappa shape index (κ1) is 25.5. The molecule has 3 heterocycles. The van der Waals surface area contributed by atoms with Gasteiger partial charge in [0.15, 0.2) is 6.61 Å². The van der Waals surface area contributed by atoms with Crippen LogP contribution in [0.5, 0.6) is 11.8 Å². The fourth-order valence-corrected chi connectivity index (χ4v) is 3.37. The van der Waals surface area contributed by atoms with Crippen molar-refractivity contribution in [1.29, 1.82) is 0 Å². The minimum absolute atomic E-state index is 0.0369. The van der Waals surface area contributed by atoms with E-state index in [1.54, 1.807) is 25.2 Å². The van der Waals surface area contributed by atoms with Crippen molar-refractivity contribution in [2.45, 2.75) is 12.8 Å². The van der Waals surface area contributed by atoms with Gasteiger partial charge in [-0.2, -0.15) is 9.78 Å². The second-order valence-electron chi connectivity index (χ2n) is 7.44. The monoisotopic (exact) mass is 520 g/mol. The third-order valence-corrected chi connectivity index (χ3v) is 4.88. The molecule has 0 amide bonds. The van der Waals surface area contributed by atoms with E-state index in [0.717, 1.165) is 16.9 Å². The first-order valence-corrected chi connectivity index (χ1v) is 10.4. The van der Waals surface area contributed by atoms with E-state index in [1.807, 2.05) is 0 Å². The lowest BCUT2D eigenvalue weighted by Crippen LogP contribution is -2.24. The highest BCUT2D eigenvalue weighted by Crippen LogP contribution is 2.28. The van der Waals surface area contributed by atoms with Crippen LogP contribution in [0.3, 0.4) is 0 Å². The Morgan fingerprint density at radius 2 is 1.89 bits per heavy atom. The van der Waals surface area contributed by atoms with Crippen LogP contribution < -0.4 is 20.8 Å². The number of hydrogen-bond donors (Lipinski definition) is 1. The molecule has 9 nitrogen and oxygen atoms in total. The number of aromatic nitrogens is 4. The van der Waals surface area contributed by atoms with Crippen molar-refractivity contribution in [3.05, 3.63) is 64.6 Å². The highest BCUT2D eigenvalue weighted by molar-refractivity contribution is 5.91. The van der Waals surface area contributed by atoms with Gasteiger partial charge in [-0.25, -0.2) is 18.7 Å². The van der Waals surface area contributed by atoms with E-state index in [0.29, 0.717) is 16.9 Å². The quantitative estimate of drug-likeness (QED) is 0.222. The van der Waals surface area contributed by atoms with Crippen molar-refractivity contribution in [1.82, 2.24) is 19.7 Å². The molecule has 4 rings (SSSR count). The molecule has 0 bridgehead atoms. The summed E-state index contributed by atoms with van der Waals surface area (Å²) in [6.45, 7) is -0.934. The van der Waals surface area contributed by atoms with E-state index >= 15 is 0 Å². The second-order valence-corrected chi connectivity index (χ2v) is 7.44. The van der Waals surface area contributed by atoms with Crippen LogP contribution >= 0.6 is 0 Å². The molecule has 0 saturated heterocycles. The summed E-state index contributed by atoms with van der Waals surface area (Å²) in [5.74, 6) is -0.946. The molecule has 0 aliphatic rings. The molecule has 0 aliphatic heterocycles. The SMILES string of the molecule is CN=Cc1cc(-n2nc3ccc(OCC(F)F)nc3c(-c3ccc(OC(F)(F)F)nc3)c2=O)ccc1N. The number of anilines is 1. The molecule has 1 aromatic carbocycles. The number of ether oxygens (including phenoxy) is 2. The second kappa shape index (κ2) is 10.2. The van der Waals surface area contributed by atoms with Gasteiger partial charge < -0.3 is 15.2 Å². The number of nitrogens with two attached hydrogens (primary N) is 1. The fraction of sp³-hybridized carbons (Fsp3) is 0.174. The maximum atomic E-state index is 13.6. The number of pyridine rings is 2. The Kier molecular flexibility index (Phi) is 7.00. The molecule has 0 radical (unpaired) electrons. The molecule has 37 heavy (non-hydrogen) atoms. The van der Waals surface area contributed by atoms with Crippen LogP contribution in [0.4, 0.5) is 27.6 Å². The average Bonchev–Trinajstić information content (AvgIpc) is 2.84. The van der Waals surface area contributed by atoms with Crippen molar-refractivity contribution < 1.29 is 31.4 Å². The Labute approximate surface area is 205 Å². The number of rotatable bonds is 7.